The molecule has 6 heteroatoms. The highest BCUT2D eigenvalue weighted by Crippen LogP contribution is 2.49. The summed E-state index contributed by atoms with van der Waals surface area (Å²) in [6.45, 7) is -0.292. The Morgan fingerprint density at radius 1 is 1.16 bits per heavy atom. The van der Waals surface area contributed by atoms with Gasteiger partial charge in [-0.1, -0.05) is 6.42 Å². The van der Waals surface area contributed by atoms with E-state index in [0.29, 0.717) is 35.4 Å². The highest BCUT2D eigenvalue weighted by molar-refractivity contribution is 5.94. The first-order valence-electron chi connectivity index (χ1n) is 8.76. The van der Waals surface area contributed by atoms with Crippen LogP contribution in [-0.2, 0) is 14.3 Å². The normalized spacial score (nSPS) is 24.0. The number of esters is 1. The molecule has 0 radical (unpaired) electrons. The smallest absolute Gasteiger partial charge is 0.306 e. The molecule has 25 heavy (non-hydrogen) atoms. The Balaban J connectivity index is 1.47. The lowest BCUT2D eigenvalue weighted by Gasteiger charge is -2.20. The van der Waals surface area contributed by atoms with Crippen LogP contribution in [0.15, 0.2) is 18.2 Å². The fourth-order valence-corrected chi connectivity index (χ4v) is 4.14. The van der Waals surface area contributed by atoms with Crippen molar-refractivity contribution in [3.8, 4) is 11.5 Å². The van der Waals surface area contributed by atoms with Crippen LogP contribution < -0.4 is 14.8 Å². The second kappa shape index (κ2) is 7.76. The summed E-state index contributed by atoms with van der Waals surface area (Å²) in [7, 11) is 3.07. The van der Waals surface area contributed by atoms with Crippen LogP contribution in [0.1, 0.15) is 32.1 Å². The van der Waals surface area contributed by atoms with Gasteiger partial charge in [-0.2, -0.15) is 0 Å². The van der Waals surface area contributed by atoms with Gasteiger partial charge in [-0.15, -0.1) is 0 Å². The molecule has 2 bridgehead atoms. The predicted molar refractivity (Wildman–Crippen MR) is 92.7 cm³/mol. The molecule has 3 unspecified atom stereocenters. The van der Waals surface area contributed by atoms with Crippen LogP contribution in [0.25, 0.3) is 0 Å². The number of hydrogen-bond acceptors (Lipinski definition) is 5. The van der Waals surface area contributed by atoms with E-state index in [4.69, 9.17) is 14.2 Å². The third-order valence-electron chi connectivity index (χ3n) is 5.36. The molecule has 0 aromatic heterocycles. The van der Waals surface area contributed by atoms with Crippen molar-refractivity contribution in [3.63, 3.8) is 0 Å². The van der Waals surface area contributed by atoms with Crippen LogP contribution in [0.3, 0.4) is 0 Å². The van der Waals surface area contributed by atoms with Crippen LogP contribution in [0, 0.1) is 17.8 Å². The number of nitrogens with one attached hydrogen (secondary N) is 1. The van der Waals surface area contributed by atoms with Crippen molar-refractivity contribution in [3.05, 3.63) is 18.2 Å². The van der Waals surface area contributed by atoms with Crippen LogP contribution in [0.2, 0.25) is 0 Å². The molecule has 1 aromatic carbocycles. The third-order valence-corrected chi connectivity index (χ3v) is 5.36. The van der Waals surface area contributed by atoms with Crippen molar-refractivity contribution in [2.45, 2.75) is 32.1 Å². The van der Waals surface area contributed by atoms with E-state index >= 15 is 0 Å². The number of ether oxygens (including phenoxy) is 3. The second-order valence-corrected chi connectivity index (χ2v) is 6.91. The Kier molecular flexibility index (Phi) is 5.46. The molecule has 1 N–H and O–H groups in total. The van der Waals surface area contributed by atoms with Crippen LogP contribution >= 0.6 is 0 Å². The lowest BCUT2D eigenvalue weighted by atomic mass is 9.86. The molecule has 1 aromatic rings. The molecule has 2 saturated carbocycles. The van der Waals surface area contributed by atoms with E-state index in [1.807, 2.05) is 0 Å². The molecule has 0 aliphatic heterocycles. The van der Waals surface area contributed by atoms with Crippen molar-refractivity contribution < 1.29 is 23.8 Å². The van der Waals surface area contributed by atoms with E-state index in [2.05, 4.69) is 5.32 Å². The minimum absolute atomic E-state index is 0.287. The maximum Gasteiger partial charge on any atom is 0.306 e. The lowest BCUT2D eigenvalue weighted by Crippen LogP contribution is -2.23. The molecule has 2 aliphatic rings. The summed E-state index contributed by atoms with van der Waals surface area (Å²) in [5, 5.41) is 2.69. The highest BCUT2D eigenvalue weighted by atomic mass is 16.5. The monoisotopic (exact) mass is 347 g/mol. The average Bonchev–Trinajstić information content (AvgIpc) is 3.23. The van der Waals surface area contributed by atoms with Crippen molar-refractivity contribution in [1.29, 1.82) is 0 Å². The summed E-state index contributed by atoms with van der Waals surface area (Å²) in [6, 6.07) is 5.10. The first-order valence-corrected chi connectivity index (χ1v) is 8.76. The summed E-state index contributed by atoms with van der Waals surface area (Å²) >= 11 is 0. The van der Waals surface area contributed by atoms with Gasteiger partial charge in [-0.3, -0.25) is 9.59 Å². The number of carbonyl (C=O) groups excluding carboxylic acids is 2. The lowest BCUT2D eigenvalue weighted by molar-refractivity contribution is -0.148. The maximum atomic E-state index is 12.1. The number of anilines is 1. The van der Waals surface area contributed by atoms with Crippen molar-refractivity contribution >= 4 is 17.6 Å². The Bertz CT molecular complexity index is 645. The highest BCUT2D eigenvalue weighted by Gasteiger charge is 2.40. The second-order valence-electron chi connectivity index (χ2n) is 6.91. The number of rotatable bonds is 7. The van der Waals surface area contributed by atoms with E-state index < -0.39 is 5.91 Å². The first-order chi connectivity index (χ1) is 12.1. The van der Waals surface area contributed by atoms with Gasteiger partial charge in [0.2, 0.25) is 0 Å². The molecular weight excluding hydrogens is 322 g/mol. The summed E-state index contributed by atoms with van der Waals surface area (Å²) in [6.07, 6.45) is 5.36. The molecule has 0 spiro atoms. The van der Waals surface area contributed by atoms with Crippen LogP contribution in [0.4, 0.5) is 5.69 Å². The summed E-state index contributed by atoms with van der Waals surface area (Å²) in [5.41, 5.74) is 0.482. The van der Waals surface area contributed by atoms with E-state index in [9.17, 15) is 9.59 Å². The molecule has 136 valence electrons. The molecule has 1 amide bonds. The van der Waals surface area contributed by atoms with Gasteiger partial charge in [0.25, 0.3) is 5.91 Å². The largest absolute Gasteiger partial charge is 0.497 e. The van der Waals surface area contributed by atoms with E-state index in [1.165, 1.54) is 26.4 Å². The predicted octanol–water partition coefficient (Wildman–Crippen LogP) is 3.01. The quantitative estimate of drug-likeness (QED) is 0.768. The minimum Gasteiger partial charge on any atom is -0.497 e. The minimum atomic E-state index is -0.396. The average molecular weight is 347 g/mol. The Hall–Kier alpha value is -2.24. The van der Waals surface area contributed by atoms with Gasteiger partial charge in [0, 0.05) is 12.5 Å². The Labute approximate surface area is 147 Å². The van der Waals surface area contributed by atoms with Gasteiger partial charge >= 0.3 is 5.97 Å². The number of amides is 1. The number of fused-ring (bicyclic) bond motifs is 2. The third kappa shape index (κ3) is 4.24. The van der Waals surface area contributed by atoms with Gasteiger partial charge in [-0.25, -0.2) is 0 Å². The molecular formula is C19H25NO5. The SMILES string of the molecule is COc1ccc(OC)c(NC(=O)COC(=O)CC2CC3CCC2C3)c1. The van der Waals surface area contributed by atoms with E-state index in [-0.39, 0.29) is 12.6 Å². The van der Waals surface area contributed by atoms with Crippen LogP contribution in [-0.4, -0.2) is 32.7 Å². The fraction of sp³-hybridized carbons (Fsp3) is 0.579. The molecule has 3 atom stereocenters. The number of hydrogen-bond donors (Lipinski definition) is 1. The Morgan fingerprint density at radius 2 is 2.00 bits per heavy atom. The topological polar surface area (TPSA) is 73.9 Å². The zero-order valence-corrected chi connectivity index (χ0v) is 14.7. The molecule has 2 aliphatic carbocycles. The zero-order chi connectivity index (χ0) is 17.8. The number of methoxy groups -OCH3 is 2. The fourth-order valence-electron chi connectivity index (χ4n) is 4.14. The van der Waals surface area contributed by atoms with Crippen molar-refractivity contribution in [1.82, 2.24) is 0 Å². The van der Waals surface area contributed by atoms with E-state index in [0.717, 1.165) is 12.3 Å². The Morgan fingerprint density at radius 3 is 2.64 bits per heavy atom. The molecule has 3 rings (SSSR count). The molecule has 2 fully saturated rings. The summed E-state index contributed by atoms with van der Waals surface area (Å²) < 4.78 is 15.5. The van der Waals surface area contributed by atoms with E-state index in [1.54, 1.807) is 25.3 Å². The van der Waals surface area contributed by atoms with Gasteiger partial charge in [0.1, 0.15) is 11.5 Å². The standard InChI is InChI=1S/C19H25NO5/c1-23-15-5-6-17(24-2)16(10-15)20-18(21)11-25-19(22)9-14-8-12-3-4-13(14)7-12/h5-6,10,12-14H,3-4,7-9,11H2,1-2H3,(H,20,21). The van der Waals surface area contributed by atoms with Crippen molar-refractivity contribution in [2.75, 3.05) is 26.1 Å². The summed E-state index contributed by atoms with van der Waals surface area (Å²) in [5.74, 6) is 2.34. The van der Waals surface area contributed by atoms with Gasteiger partial charge in [0.15, 0.2) is 6.61 Å². The van der Waals surface area contributed by atoms with Crippen LogP contribution in [0.5, 0.6) is 11.5 Å². The molecule has 0 heterocycles. The zero-order valence-electron chi connectivity index (χ0n) is 14.7. The molecule has 0 saturated heterocycles. The number of benzene rings is 1. The molecule has 6 nitrogen and oxygen atoms in total. The number of carbonyl (C=O) groups is 2. The van der Waals surface area contributed by atoms with Gasteiger partial charge in [-0.05, 0) is 49.1 Å². The maximum absolute atomic E-state index is 12.1. The van der Waals surface area contributed by atoms with Gasteiger partial charge < -0.3 is 19.5 Å². The van der Waals surface area contributed by atoms with Gasteiger partial charge in [0.05, 0.1) is 19.9 Å². The van der Waals surface area contributed by atoms with Crippen molar-refractivity contribution in [2.24, 2.45) is 17.8 Å². The first kappa shape index (κ1) is 17.6. The summed E-state index contributed by atoms with van der Waals surface area (Å²) in [4.78, 5) is 24.1.